The van der Waals surface area contributed by atoms with Gasteiger partial charge in [-0.2, -0.15) is 4.99 Å². The number of amides is 2. The number of para-hydroxylation sites is 1. The molecule has 1 heterocycles. The number of rotatable bonds is 4. The van der Waals surface area contributed by atoms with Crippen molar-refractivity contribution < 1.29 is 9.59 Å². The van der Waals surface area contributed by atoms with Gasteiger partial charge in [-0.15, -0.1) is 0 Å². The fourth-order valence-electron chi connectivity index (χ4n) is 3.05. The topological polar surface area (TPSA) is 121 Å². The van der Waals surface area contributed by atoms with Gasteiger partial charge in [-0.05, 0) is 55.7 Å². The maximum atomic E-state index is 12.3. The molecule has 8 nitrogen and oxygen atoms in total. The van der Waals surface area contributed by atoms with Crippen molar-refractivity contribution in [3.63, 3.8) is 0 Å². The molecule has 1 atom stereocenters. The molecule has 0 saturated heterocycles. The number of nitrogens with two attached hydrogens (primary N) is 1. The number of guanidine groups is 2. The lowest BCUT2D eigenvalue weighted by atomic mass is 10.1. The molecule has 2 amide bonds. The number of aryl methyl sites for hydroxylation is 3. The SMILES string of the molecule is Cc1cc(C)cc(NC(=O)CC2N=C(/N=C(\N)Nc3ccccc3C)NC2=O)c1. The van der Waals surface area contributed by atoms with Gasteiger partial charge in [0.15, 0.2) is 0 Å². The summed E-state index contributed by atoms with van der Waals surface area (Å²) < 4.78 is 0. The zero-order chi connectivity index (χ0) is 21.0. The van der Waals surface area contributed by atoms with Gasteiger partial charge in [0, 0.05) is 11.4 Å². The van der Waals surface area contributed by atoms with Gasteiger partial charge in [0.25, 0.3) is 5.91 Å². The summed E-state index contributed by atoms with van der Waals surface area (Å²) in [5.41, 5.74) is 10.5. The van der Waals surface area contributed by atoms with Gasteiger partial charge < -0.3 is 16.4 Å². The Morgan fingerprint density at radius 3 is 2.52 bits per heavy atom. The zero-order valence-electron chi connectivity index (χ0n) is 16.6. The highest BCUT2D eigenvalue weighted by Gasteiger charge is 2.28. The van der Waals surface area contributed by atoms with Gasteiger partial charge in [-0.1, -0.05) is 24.3 Å². The highest BCUT2D eigenvalue weighted by molar-refractivity contribution is 6.11. The normalized spacial score (nSPS) is 16.2. The summed E-state index contributed by atoms with van der Waals surface area (Å²) in [6, 6.07) is 12.5. The molecule has 0 fully saturated rings. The third kappa shape index (κ3) is 5.41. The Bertz CT molecular complexity index is 992. The third-order valence-electron chi connectivity index (χ3n) is 4.33. The van der Waals surface area contributed by atoms with Crippen LogP contribution in [0, 0.1) is 20.8 Å². The first-order valence-corrected chi connectivity index (χ1v) is 9.24. The summed E-state index contributed by atoms with van der Waals surface area (Å²) in [6.07, 6.45) is -0.0804. The maximum absolute atomic E-state index is 12.3. The lowest BCUT2D eigenvalue weighted by molar-refractivity contribution is -0.123. The number of aliphatic imine (C=N–C) groups is 2. The number of carbonyl (C=O) groups is 2. The van der Waals surface area contributed by atoms with E-state index in [9.17, 15) is 9.59 Å². The van der Waals surface area contributed by atoms with Crippen LogP contribution in [0.15, 0.2) is 52.4 Å². The number of hydrogen-bond donors (Lipinski definition) is 4. The summed E-state index contributed by atoms with van der Waals surface area (Å²) in [5, 5.41) is 8.32. The molecule has 0 spiro atoms. The highest BCUT2D eigenvalue weighted by atomic mass is 16.2. The van der Waals surface area contributed by atoms with Crippen LogP contribution in [0.3, 0.4) is 0 Å². The Hall–Kier alpha value is -3.68. The molecule has 0 bridgehead atoms. The van der Waals surface area contributed by atoms with Crippen LogP contribution < -0.4 is 21.7 Å². The molecule has 0 saturated carbocycles. The Kier molecular flexibility index (Phi) is 5.92. The van der Waals surface area contributed by atoms with Crippen molar-refractivity contribution >= 4 is 35.1 Å². The molecule has 1 aliphatic rings. The summed E-state index contributed by atoms with van der Waals surface area (Å²) in [4.78, 5) is 32.7. The van der Waals surface area contributed by atoms with E-state index in [4.69, 9.17) is 5.73 Å². The van der Waals surface area contributed by atoms with Crippen LogP contribution in [-0.2, 0) is 9.59 Å². The van der Waals surface area contributed by atoms with E-state index in [1.807, 2.05) is 63.2 Å². The molecule has 29 heavy (non-hydrogen) atoms. The molecular weight excluding hydrogens is 368 g/mol. The quantitative estimate of drug-likeness (QED) is 0.471. The lowest BCUT2D eigenvalue weighted by Gasteiger charge is -2.08. The van der Waals surface area contributed by atoms with Gasteiger partial charge in [-0.25, -0.2) is 4.99 Å². The molecule has 1 aliphatic heterocycles. The van der Waals surface area contributed by atoms with Gasteiger partial charge in [0.05, 0.1) is 6.42 Å². The molecule has 0 aromatic heterocycles. The average molecular weight is 392 g/mol. The van der Waals surface area contributed by atoms with Crippen LogP contribution in [-0.4, -0.2) is 29.8 Å². The van der Waals surface area contributed by atoms with Crippen molar-refractivity contribution in [2.75, 3.05) is 10.6 Å². The second-order valence-corrected chi connectivity index (χ2v) is 7.02. The van der Waals surface area contributed by atoms with E-state index in [0.29, 0.717) is 5.69 Å². The monoisotopic (exact) mass is 392 g/mol. The average Bonchev–Trinajstić information content (AvgIpc) is 2.94. The number of nitrogens with zero attached hydrogens (tertiary/aromatic N) is 2. The smallest absolute Gasteiger partial charge is 0.252 e. The molecule has 8 heteroatoms. The zero-order valence-corrected chi connectivity index (χ0v) is 16.6. The fraction of sp³-hybridized carbons (Fsp3) is 0.238. The van der Waals surface area contributed by atoms with Crippen molar-refractivity contribution in [1.29, 1.82) is 0 Å². The Morgan fingerprint density at radius 2 is 1.83 bits per heavy atom. The minimum atomic E-state index is -0.842. The van der Waals surface area contributed by atoms with E-state index in [1.165, 1.54) is 0 Å². The summed E-state index contributed by atoms with van der Waals surface area (Å²) in [7, 11) is 0. The van der Waals surface area contributed by atoms with E-state index in [-0.39, 0.29) is 30.2 Å². The number of hydrogen-bond acceptors (Lipinski definition) is 4. The van der Waals surface area contributed by atoms with E-state index >= 15 is 0 Å². The van der Waals surface area contributed by atoms with E-state index < -0.39 is 6.04 Å². The summed E-state index contributed by atoms with van der Waals surface area (Å²) >= 11 is 0. The van der Waals surface area contributed by atoms with Gasteiger partial charge in [0.2, 0.25) is 17.8 Å². The Labute approximate surface area is 169 Å². The molecule has 5 N–H and O–H groups in total. The number of benzene rings is 2. The van der Waals surface area contributed by atoms with E-state index in [2.05, 4.69) is 25.9 Å². The second-order valence-electron chi connectivity index (χ2n) is 7.02. The van der Waals surface area contributed by atoms with Crippen molar-refractivity contribution in [2.24, 2.45) is 15.7 Å². The summed E-state index contributed by atoms with van der Waals surface area (Å²) in [5.74, 6) is -0.505. The molecule has 3 rings (SSSR count). The second kappa shape index (κ2) is 8.55. The van der Waals surface area contributed by atoms with Crippen molar-refractivity contribution in [2.45, 2.75) is 33.2 Å². The third-order valence-corrected chi connectivity index (χ3v) is 4.33. The predicted molar refractivity (Wildman–Crippen MR) is 115 cm³/mol. The maximum Gasteiger partial charge on any atom is 0.252 e. The first-order chi connectivity index (χ1) is 13.8. The first-order valence-electron chi connectivity index (χ1n) is 9.24. The molecule has 2 aromatic carbocycles. The Morgan fingerprint density at radius 1 is 1.14 bits per heavy atom. The predicted octanol–water partition coefficient (Wildman–Crippen LogP) is 2.22. The van der Waals surface area contributed by atoms with Crippen molar-refractivity contribution in [3.05, 3.63) is 59.2 Å². The van der Waals surface area contributed by atoms with Gasteiger partial charge >= 0.3 is 0 Å². The van der Waals surface area contributed by atoms with Crippen LogP contribution in [0.5, 0.6) is 0 Å². The molecule has 2 aromatic rings. The number of nitrogens with one attached hydrogen (secondary N) is 3. The summed E-state index contributed by atoms with van der Waals surface area (Å²) in [6.45, 7) is 5.85. The van der Waals surface area contributed by atoms with Crippen LogP contribution in [0.2, 0.25) is 0 Å². The van der Waals surface area contributed by atoms with E-state index in [0.717, 1.165) is 22.4 Å². The van der Waals surface area contributed by atoms with Crippen LogP contribution in [0.1, 0.15) is 23.1 Å². The molecular formula is C21H24N6O2. The van der Waals surface area contributed by atoms with Crippen molar-refractivity contribution in [1.82, 2.24) is 5.32 Å². The van der Waals surface area contributed by atoms with Crippen molar-refractivity contribution in [3.8, 4) is 0 Å². The molecule has 150 valence electrons. The molecule has 0 aliphatic carbocycles. The van der Waals surface area contributed by atoms with Gasteiger partial charge in [0.1, 0.15) is 6.04 Å². The molecule has 0 radical (unpaired) electrons. The minimum absolute atomic E-state index is 0.0804. The standard InChI is InChI=1S/C21H24N6O2/c1-12-8-13(2)10-15(9-12)23-18(28)11-17-19(29)26-21(25-17)27-20(22)24-16-7-5-4-6-14(16)3/h4-10,17H,11H2,1-3H3,(H,23,28)(H4,22,24,25,26,27,29). The fourth-order valence-corrected chi connectivity index (χ4v) is 3.05. The Balaban J connectivity index is 1.63. The first kappa shape index (κ1) is 20.1. The van der Waals surface area contributed by atoms with Gasteiger partial charge in [-0.3, -0.25) is 14.9 Å². The highest BCUT2D eigenvalue weighted by Crippen LogP contribution is 2.16. The molecule has 1 unspecified atom stereocenters. The minimum Gasteiger partial charge on any atom is -0.369 e. The van der Waals surface area contributed by atoms with E-state index in [1.54, 1.807) is 0 Å². The van der Waals surface area contributed by atoms with Crippen LogP contribution in [0.4, 0.5) is 11.4 Å². The van der Waals surface area contributed by atoms with Crippen LogP contribution >= 0.6 is 0 Å². The number of anilines is 2. The lowest BCUT2D eigenvalue weighted by Crippen LogP contribution is -2.32. The number of carbonyl (C=O) groups excluding carboxylic acids is 2. The van der Waals surface area contributed by atoms with Crippen LogP contribution in [0.25, 0.3) is 0 Å². The largest absolute Gasteiger partial charge is 0.369 e.